The Hall–Kier alpha value is -1.44. The zero-order chi connectivity index (χ0) is 25.0. The molecule has 10 heteroatoms. The van der Waals surface area contributed by atoms with Gasteiger partial charge in [0.1, 0.15) is 17.8 Å². The summed E-state index contributed by atoms with van der Waals surface area (Å²) in [6.07, 6.45) is 1.32. The fourth-order valence-electron chi connectivity index (χ4n) is 4.17. The van der Waals surface area contributed by atoms with Crippen molar-refractivity contribution in [2.75, 3.05) is 6.54 Å². The van der Waals surface area contributed by atoms with Crippen LogP contribution >= 0.6 is 11.3 Å². The molecule has 2 aromatic rings. The largest absolute Gasteiger partial charge is 0.491 e. The molecule has 8 nitrogen and oxygen atoms in total. The molecule has 3 N–H and O–H groups in total. The van der Waals surface area contributed by atoms with Gasteiger partial charge in [-0.25, -0.2) is 4.98 Å². The van der Waals surface area contributed by atoms with Crippen molar-refractivity contribution in [3.63, 3.8) is 0 Å². The van der Waals surface area contributed by atoms with E-state index in [1.54, 1.807) is 16.2 Å². The van der Waals surface area contributed by atoms with Gasteiger partial charge in [0, 0.05) is 52.6 Å². The average Bonchev–Trinajstić information content (AvgIpc) is 3.40. The normalized spacial score (nSPS) is 16.7. The van der Waals surface area contributed by atoms with Gasteiger partial charge in [0.15, 0.2) is 0 Å². The fourth-order valence-corrected chi connectivity index (χ4v) is 4.98. The average molecular weight is 731 g/mol. The number of carbonyl (C=O) groups is 2. The molecule has 1 aromatic carbocycles. The van der Waals surface area contributed by atoms with E-state index in [2.05, 4.69) is 15.8 Å². The number of carbonyl (C=O) groups excluding carboxylic acids is 2. The van der Waals surface area contributed by atoms with Crippen molar-refractivity contribution in [3.05, 3.63) is 35.0 Å². The van der Waals surface area contributed by atoms with Crippen molar-refractivity contribution in [3.8, 4) is 16.2 Å². The van der Waals surface area contributed by atoms with Crippen LogP contribution in [0.4, 0.5) is 0 Å². The van der Waals surface area contributed by atoms with Crippen LogP contribution in [0.15, 0.2) is 23.7 Å². The molecule has 1 aromatic heterocycles. The molecule has 0 saturated carbocycles. The molecule has 0 unspecified atom stereocenters. The number of nitrogens with zero attached hydrogens (tertiary/aromatic N) is 2. The van der Waals surface area contributed by atoms with Crippen LogP contribution in [0.5, 0.6) is 5.75 Å². The summed E-state index contributed by atoms with van der Waals surface area (Å²) >= 11 is 1.58. The SMILES string of the molecule is Cc1ncsc1-c1ccc(CNC(=O)[C@@H]2CCCN2C(=O)[C@@H](NO)C(C)(C)C)c(OC(C)C)c1.[HH].[HH].[U]. The number of thiazole rings is 1. The summed E-state index contributed by atoms with van der Waals surface area (Å²) in [6.45, 7) is 12.3. The third kappa shape index (κ3) is 7.30. The number of amides is 2. The van der Waals surface area contributed by atoms with Crippen molar-refractivity contribution >= 4 is 23.2 Å². The monoisotopic (exact) mass is 730 g/mol. The third-order valence-corrected chi connectivity index (χ3v) is 6.95. The first-order valence-corrected chi connectivity index (χ1v) is 12.6. The number of hydrogen-bond donors (Lipinski definition) is 3. The number of hydroxylamine groups is 1. The third-order valence-electron chi connectivity index (χ3n) is 5.97. The quantitative estimate of drug-likeness (QED) is 0.349. The molecule has 1 aliphatic heterocycles. The van der Waals surface area contributed by atoms with Gasteiger partial charge in [-0.05, 0) is 50.7 Å². The second-order valence-electron chi connectivity index (χ2n) is 10.1. The molecule has 0 aliphatic carbocycles. The summed E-state index contributed by atoms with van der Waals surface area (Å²) in [4.78, 5) is 33.2. The zero-order valence-electron chi connectivity index (χ0n) is 21.3. The number of likely N-dealkylation sites (tertiary alicyclic amines) is 1. The molecular formula is C25H40N4O4SU. The Balaban J connectivity index is 0.00000432. The van der Waals surface area contributed by atoms with Gasteiger partial charge in [-0.15, -0.1) is 11.3 Å². The Morgan fingerprint density at radius 1 is 1.34 bits per heavy atom. The standard InChI is InChI=1S/C25H36N4O4S.U.2H2/c1-15(2)33-20-12-17(21-16(3)27-14-34-21)9-10-18(20)13-26-23(30)19-8-7-11-29(19)24(31)22(28-32)25(4,5)6;;;/h9-10,12,14-15,19,22,28,32H,7-8,11,13H2,1-6H3,(H,26,30);;2*1H/t19-,22+;;;/m0.../s1. The van der Waals surface area contributed by atoms with Crippen LogP contribution in [0, 0.1) is 43.5 Å². The minimum Gasteiger partial charge on any atom is -0.491 e. The number of rotatable bonds is 8. The predicted octanol–water partition coefficient (Wildman–Crippen LogP) is 4.40. The molecule has 2 amide bonds. The van der Waals surface area contributed by atoms with Gasteiger partial charge < -0.3 is 20.2 Å². The molecule has 0 bridgehead atoms. The molecule has 3 rings (SSSR count). The van der Waals surface area contributed by atoms with Crippen LogP contribution in [-0.4, -0.2) is 51.6 Å². The van der Waals surface area contributed by atoms with Crippen LogP contribution in [0.25, 0.3) is 10.4 Å². The minimum atomic E-state index is -0.783. The first-order valence-electron chi connectivity index (χ1n) is 11.7. The molecule has 2 heterocycles. The van der Waals surface area contributed by atoms with Crippen LogP contribution < -0.4 is 15.5 Å². The maximum Gasteiger partial charge on any atom is 0.243 e. The van der Waals surface area contributed by atoms with E-state index in [-0.39, 0.29) is 51.9 Å². The van der Waals surface area contributed by atoms with E-state index in [9.17, 15) is 14.8 Å². The molecule has 1 saturated heterocycles. The van der Waals surface area contributed by atoms with E-state index in [1.807, 2.05) is 65.3 Å². The number of nitrogens with one attached hydrogen (secondary N) is 2. The second-order valence-corrected chi connectivity index (χ2v) is 10.9. The first-order chi connectivity index (χ1) is 16.0. The van der Waals surface area contributed by atoms with Gasteiger partial charge in [0.05, 0.1) is 22.2 Å². The van der Waals surface area contributed by atoms with Crippen LogP contribution in [0.3, 0.4) is 0 Å². The van der Waals surface area contributed by atoms with E-state index in [0.717, 1.165) is 33.9 Å². The molecule has 0 spiro atoms. The maximum atomic E-state index is 13.1. The molecule has 194 valence electrons. The van der Waals surface area contributed by atoms with Crippen molar-refractivity contribution in [1.29, 1.82) is 0 Å². The van der Waals surface area contributed by atoms with Crippen LogP contribution in [0.1, 0.15) is 61.6 Å². The molecule has 2 atom stereocenters. The van der Waals surface area contributed by atoms with Crippen molar-refractivity contribution < 1.29 is 53.5 Å². The van der Waals surface area contributed by atoms with E-state index in [4.69, 9.17) is 4.74 Å². The molecule has 35 heavy (non-hydrogen) atoms. The summed E-state index contributed by atoms with van der Waals surface area (Å²) in [5.74, 6) is 0.257. The van der Waals surface area contributed by atoms with E-state index >= 15 is 0 Å². The fraction of sp³-hybridized carbons (Fsp3) is 0.560. The van der Waals surface area contributed by atoms with Gasteiger partial charge in [-0.3, -0.25) is 9.59 Å². The Bertz CT molecular complexity index is 1030. The Morgan fingerprint density at radius 3 is 2.63 bits per heavy atom. The van der Waals surface area contributed by atoms with E-state index in [0.29, 0.717) is 19.5 Å². The van der Waals surface area contributed by atoms with E-state index in [1.165, 1.54) is 0 Å². The van der Waals surface area contributed by atoms with Gasteiger partial charge in [0.25, 0.3) is 0 Å². The summed E-state index contributed by atoms with van der Waals surface area (Å²) in [5, 5.41) is 12.6. The topological polar surface area (TPSA) is 104 Å². The van der Waals surface area contributed by atoms with E-state index < -0.39 is 17.5 Å². The van der Waals surface area contributed by atoms with Gasteiger partial charge in [0.2, 0.25) is 11.8 Å². The number of benzene rings is 1. The summed E-state index contributed by atoms with van der Waals surface area (Å²) in [6, 6.07) is 4.64. The maximum absolute atomic E-state index is 13.1. The zero-order valence-corrected chi connectivity index (χ0v) is 26.3. The second kappa shape index (κ2) is 12.7. The van der Waals surface area contributed by atoms with Gasteiger partial charge in [-0.2, -0.15) is 5.48 Å². The van der Waals surface area contributed by atoms with Gasteiger partial charge in [-0.1, -0.05) is 32.9 Å². The van der Waals surface area contributed by atoms with Gasteiger partial charge >= 0.3 is 0 Å². The van der Waals surface area contributed by atoms with Crippen molar-refractivity contribution in [2.45, 2.75) is 79.1 Å². The summed E-state index contributed by atoms with van der Waals surface area (Å²) in [7, 11) is 0. The minimum absolute atomic E-state index is 0. The van der Waals surface area contributed by atoms with Crippen molar-refractivity contribution in [2.24, 2.45) is 5.41 Å². The Kier molecular flexibility index (Phi) is 10.8. The number of aryl methyl sites for hydroxylation is 1. The smallest absolute Gasteiger partial charge is 0.243 e. The van der Waals surface area contributed by atoms with Crippen LogP contribution in [-0.2, 0) is 16.1 Å². The summed E-state index contributed by atoms with van der Waals surface area (Å²) < 4.78 is 6.06. The van der Waals surface area contributed by atoms with Crippen LogP contribution in [0.2, 0.25) is 0 Å². The summed E-state index contributed by atoms with van der Waals surface area (Å²) in [5.41, 5.74) is 6.35. The first kappa shape index (κ1) is 29.8. The number of ether oxygens (including phenoxy) is 1. The molecule has 0 radical (unpaired) electrons. The molecule has 1 aliphatic rings. The Morgan fingerprint density at radius 2 is 2.06 bits per heavy atom. The number of aromatic nitrogens is 1. The number of hydrogen-bond acceptors (Lipinski definition) is 7. The molecular weight excluding hydrogens is 690 g/mol. The predicted molar refractivity (Wildman–Crippen MR) is 137 cm³/mol. The molecule has 1 fully saturated rings. The van der Waals surface area contributed by atoms with Crippen molar-refractivity contribution in [1.82, 2.24) is 20.7 Å². The Labute approximate surface area is 238 Å².